The summed E-state index contributed by atoms with van der Waals surface area (Å²) in [6.45, 7) is 5.69. The first-order valence-corrected chi connectivity index (χ1v) is 16.7. The second-order valence-corrected chi connectivity index (χ2v) is 12.7. The SMILES string of the molecule is CCCCCCCCN1C(=O)C2=C(c3cccc(Br)c3)N(CCCCCCCC)C(=O)C2=C1c1cccc(Br)c1. The Morgan fingerprint density at radius 3 is 1.30 bits per heavy atom. The maximum atomic E-state index is 14.3. The summed E-state index contributed by atoms with van der Waals surface area (Å²) in [6, 6.07) is 16.0. The standard InChI is InChI=1S/C34H42Br2N2O2/c1-3-5-7-9-11-13-21-37-31(25-17-15-19-27(35)23-25)29-30(33(37)39)32(26-18-16-20-28(36)24-26)38(34(29)40)22-14-12-10-8-6-4-2/h15-20,23-24H,3-14,21-22H2,1-2H3. The molecule has 0 unspecified atom stereocenters. The van der Waals surface area contributed by atoms with E-state index >= 15 is 0 Å². The van der Waals surface area contributed by atoms with E-state index in [2.05, 4.69) is 45.7 Å². The fourth-order valence-corrected chi connectivity index (χ4v) is 6.59. The van der Waals surface area contributed by atoms with E-state index in [-0.39, 0.29) is 11.8 Å². The van der Waals surface area contributed by atoms with E-state index in [1.165, 1.54) is 51.4 Å². The Morgan fingerprint density at radius 1 is 0.550 bits per heavy atom. The normalized spacial score (nSPS) is 15.2. The largest absolute Gasteiger partial charge is 0.307 e. The smallest absolute Gasteiger partial charge is 0.261 e. The van der Waals surface area contributed by atoms with Crippen LogP contribution in [0.15, 0.2) is 68.6 Å². The first kappa shape index (κ1) is 30.8. The maximum Gasteiger partial charge on any atom is 0.261 e. The Morgan fingerprint density at radius 2 is 0.925 bits per heavy atom. The molecule has 2 aliphatic heterocycles. The average molecular weight is 671 g/mol. The molecule has 2 aliphatic rings. The Hall–Kier alpha value is -2.18. The van der Waals surface area contributed by atoms with Gasteiger partial charge in [-0.05, 0) is 37.1 Å². The van der Waals surface area contributed by atoms with Gasteiger partial charge in [0.2, 0.25) is 0 Å². The molecular formula is C34H42Br2N2O2. The number of halogens is 2. The molecule has 0 N–H and O–H groups in total. The van der Waals surface area contributed by atoms with E-state index in [0.29, 0.717) is 24.2 Å². The minimum absolute atomic E-state index is 0.0488. The molecule has 6 heteroatoms. The van der Waals surface area contributed by atoms with E-state index in [1.54, 1.807) is 0 Å². The van der Waals surface area contributed by atoms with Crippen molar-refractivity contribution >= 4 is 55.1 Å². The van der Waals surface area contributed by atoms with Crippen LogP contribution in [-0.2, 0) is 9.59 Å². The highest BCUT2D eigenvalue weighted by Gasteiger charge is 2.48. The number of nitrogens with zero attached hydrogens (tertiary/aromatic N) is 2. The lowest BCUT2D eigenvalue weighted by atomic mass is 10.0. The van der Waals surface area contributed by atoms with Crippen LogP contribution in [0.1, 0.15) is 102 Å². The lowest BCUT2D eigenvalue weighted by Crippen LogP contribution is -2.31. The molecule has 214 valence electrons. The lowest BCUT2D eigenvalue weighted by molar-refractivity contribution is -0.124. The van der Waals surface area contributed by atoms with Gasteiger partial charge in [0.15, 0.2) is 0 Å². The number of carbonyl (C=O) groups is 2. The first-order chi connectivity index (χ1) is 19.5. The molecule has 2 heterocycles. The fourth-order valence-electron chi connectivity index (χ4n) is 5.80. The van der Waals surface area contributed by atoms with Crippen LogP contribution in [0.5, 0.6) is 0 Å². The number of fused-ring (bicyclic) bond motifs is 1. The third-order valence-corrected chi connectivity index (χ3v) is 8.83. The van der Waals surface area contributed by atoms with Gasteiger partial charge in [-0.1, -0.05) is 134 Å². The van der Waals surface area contributed by atoms with Crippen LogP contribution in [0.25, 0.3) is 11.4 Å². The molecule has 2 amide bonds. The van der Waals surface area contributed by atoms with Crippen LogP contribution in [0.3, 0.4) is 0 Å². The molecule has 2 aromatic rings. The monoisotopic (exact) mass is 668 g/mol. The predicted molar refractivity (Wildman–Crippen MR) is 172 cm³/mol. The summed E-state index contributed by atoms with van der Waals surface area (Å²) in [5, 5.41) is 0. The molecule has 40 heavy (non-hydrogen) atoms. The number of benzene rings is 2. The van der Waals surface area contributed by atoms with E-state index in [4.69, 9.17) is 0 Å². The van der Waals surface area contributed by atoms with Gasteiger partial charge >= 0.3 is 0 Å². The van der Waals surface area contributed by atoms with Crippen molar-refractivity contribution in [3.63, 3.8) is 0 Å². The highest BCUT2D eigenvalue weighted by atomic mass is 79.9. The van der Waals surface area contributed by atoms with Crippen LogP contribution < -0.4 is 0 Å². The van der Waals surface area contributed by atoms with Crippen molar-refractivity contribution in [1.29, 1.82) is 0 Å². The number of rotatable bonds is 16. The van der Waals surface area contributed by atoms with E-state index < -0.39 is 0 Å². The number of hydrogen-bond acceptors (Lipinski definition) is 2. The lowest BCUT2D eigenvalue weighted by Gasteiger charge is -2.25. The average Bonchev–Trinajstić information content (AvgIpc) is 3.39. The van der Waals surface area contributed by atoms with Crippen molar-refractivity contribution in [3.8, 4) is 0 Å². The van der Waals surface area contributed by atoms with Gasteiger partial charge in [-0.25, -0.2) is 0 Å². The predicted octanol–water partition coefficient (Wildman–Crippen LogP) is 9.74. The third kappa shape index (κ3) is 7.17. The van der Waals surface area contributed by atoms with Gasteiger partial charge in [-0.15, -0.1) is 0 Å². The number of unbranched alkanes of at least 4 members (excludes halogenated alkanes) is 10. The van der Waals surface area contributed by atoms with Gasteiger partial charge in [0.05, 0.1) is 22.5 Å². The Labute approximate surface area is 257 Å². The first-order valence-electron chi connectivity index (χ1n) is 15.1. The van der Waals surface area contributed by atoms with Crippen molar-refractivity contribution in [2.24, 2.45) is 0 Å². The molecular weight excluding hydrogens is 628 g/mol. The highest BCUT2D eigenvalue weighted by Crippen LogP contribution is 2.47. The van der Waals surface area contributed by atoms with Crippen LogP contribution in [-0.4, -0.2) is 34.7 Å². The molecule has 0 aliphatic carbocycles. The minimum atomic E-state index is -0.0488. The maximum absolute atomic E-state index is 14.3. The van der Waals surface area contributed by atoms with Crippen molar-refractivity contribution < 1.29 is 9.59 Å². The molecule has 4 nitrogen and oxygen atoms in total. The van der Waals surface area contributed by atoms with Gasteiger partial charge in [-0.2, -0.15) is 0 Å². The summed E-state index contributed by atoms with van der Waals surface area (Å²) in [7, 11) is 0. The zero-order chi connectivity index (χ0) is 28.5. The summed E-state index contributed by atoms with van der Waals surface area (Å²) >= 11 is 7.22. The van der Waals surface area contributed by atoms with E-state index in [9.17, 15) is 9.59 Å². The topological polar surface area (TPSA) is 40.6 Å². The molecule has 0 radical (unpaired) electrons. The molecule has 0 bridgehead atoms. The van der Waals surface area contributed by atoms with Crippen LogP contribution in [0.2, 0.25) is 0 Å². The van der Waals surface area contributed by atoms with Crippen molar-refractivity contribution in [3.05, 3.63) is 79.7 Å². The number of amides is 2. The van der Waals surface area contributed by atoms with Crippen molar-refractivity contribution in [2.45, 2.75) is 90.9 Å². The van der Waals surface area contributed by atoms with Gasteiger partial charge < -0.3 is 9.80 Å². The Bertz CT molecular complexity index is 1170. The van der Waals surface area contributed by atoms with E-state index in [1.807, 2.05) is 58.3 Å². The summed E-state index contributed by atoms with van der Waals surface area (Å²) in [5.74, 6) is -0.0976. The minimum Gasteiger partial charge on any atom is -0.307 e. The molecule has 0 fully saturated rings. The molecule has 2 aromatic carbocycles. The molecule has 0 saturated carbocycles. The van der Waals surface area contributed by atoms with Crippen LogP contribution in [0, 0.1) is 0 Å². The van der Waals surface area contributed by atoms with Gasteiger partial charge in [0.1, 0.15) is 0 Å². The highest BCUT2D eigenvalue weighted by molar-refractivity contribution is 9.10. The molecule has 0 aromatic heterocycles. The molecule has 0 saturated heterocycles. The summed E-state index contributed by atoms with van der Waals surface area (Å²) in [5.41, 5.74) is 4.46. The van der Waals surface area contributed by atoms with Crippen molar-refractivity contribution in [1.82, 2.24) is 9.80 Å². The van der Waals surface area contributed by atoms with Gasteiger partial charge in [0, 0.05) is 33.2 Å². The summed E-state index contributed by atoms with van der Waals surface area (Å²) < 4.78 is 1.87. The molecule has 0 spiro atoms. The van der Waals surface area contributed by atoms with Gasteiger partial charge in [-0.3, -0.25) is 9.59 Å². The van der Waals surface area contributed by atoms with E-state index in [0.717, 1.165) is 57.1 Å². The van der Waals surface area contributed by atoms with Crippen LogP contribution >= 0.6 is 31.9 Å². The zero-order valence-electron chi connectivity index (χ0n) is 24.0. The fraction of sp³-hybridized carbons (Fsp3) is 0.471. The molecule has 4 rings (SSSR count). The second kappa shape index (κ2) is 15.2. The summed E-state index contributed by atoms with van der Waals surface area (Å²) in [6.07, 6.45) is 13.8. The third-order valence-electron chi connectivity index (χ3n) is 7.85. The second-order valence-electron chi connectivity index (χ2n) is 10.9. The number of hydrogen-bond donors (Lipinski definition) is 0. The Kier molecular flexibility index (Phi) is 11.7. The number of carbonyl (C=O) groups excluding carboxylic acids is 2. The van der Waals surface area contributed by atoms with Crippen LogP contribution in [0.4, 0.5) is 0 Å². The summed E-state index contributed by atoms with van der Waals surface area (Å²) in [4.78, 5) is 32.3. The quantitative estimate of drug-likeness (QED) is 0.167. The zero-order valence-corrected chi connectivity index (χ0v) is 27.2. The van der Waals surface area contributed by atoms with Crippen molar-refractivity contribution in [2.75, 3.05) is 13.1 Å². The van der Waals surface area contributed by atoms with Gasteiger partial charge in [0.25, 0.3) is 11.8 Å². The Balaban J connectivity index is 1.72. The molecule has 0 atom stereocenters.